The van der Waals surface area contributed by atoms with E-state index in [9.17, 15) is 9.59 Å². The van der Waals surface area contributed by atoms with Crippen molar-refractivity contribution in [1.82, 2.24) is 9.78 Å². The molecule has 1 atom stereocenters. The van der Waals surface area contributed by atoms with Gasteiger partial charge in [-0.3, -0.25) is 9.59 Å². The molecular formula is C12H18BrN3O4. The van der Waals surface area contributed by atoms with Crippen LogP contribution < -0.4 is 10.9 Å². The number of carbonyl (C=O) groups excluding carboxylic acids is 1. The molecule has 0 saturated heterocycles. The zero-order valence-electron chi connectivity index (χ0n) is 11.7. The lowest BCUT2D eigenvalue weighted by atomic mass is 10.3. The number of anilines is 1. The largest absolute Gasteiger partial charge is 0.468 e. The van der Waals surface area contributed by atoms with E-state index >= 15 is 0 Å². The van der Waals surface area contributed by atoms with Gasteiger partial charge in [-0.15, -0.1) is 0 Å². The number of hydrogen-bond donors (Lipinski definition) is 1. The number of aromatic nitrogens is 2. The van der Waals surface area contributed by atoms with Crippen LogP contribution in [0, 0.1) is 0 Å². The smallest absolute Gasteiger partial charge is 0.327 e. The highest BCUT2D eigenvalue weighted by molar-refractivity contribution is 9.10. The third-order valence-electron chi connectivity index (χ3n) is 2.52. The summed E-state index contributed by atoms with van der Waals surface area (Å²) in [5, 5.41) is 6.99. The Bertz CT molecular complexity index is 518. The minimum atomic E-state index is -0.530. The summed E-state index contributed by atoms with van der Waals surface area (Å²) >= 11 is 3.20. The highest BCUT2D eigenvalue weighted by Gasteiger charge is 2.12. The molecule has 0 bridgehead atoms. The van der Waals surface area contributed by atoms with Gasteiger partial charge in [0.1, 0.15) is 11.0 Å². The van der Waals surface area contributed by atoms with E-state index in [-0.39, 0.29) is 12.6 Å². The first-order valence-electron chi connectivity index (χ1n) is 6.17. The summed E-state index contributed by atoms with van der Waals surface area (Å²) in [7, 11) is 1.26. The number of rotatable bonds is 7. The van der Waals surface area contributed by atoms with Crippen LogP contribution in [0.1, 0.15) is 13.8 Å². The quantitative estimate of drug-likeness (QED) is 0.741. The van der Waals surface area contributed by atoms with E-state index in [0.29, 0.717) is 23.3 Å². The summed E-state index contributed by atoms with van der Waals surface area (Å²) in [6.07, 6.45) is 1.50. The monoisotopic (exact) mass is 347 g/mol. The molecule has 0 aromatic carbocycles. The molecule has 20 heavy (non-hydrogen) atoms. The molecule has 1 N–H and O–H groups in total. The minimum absolute atomic E-state index is 0.0180. The highest BCUT2D eigenvalue weighted by atomic mass is 79.9. The first-order valence-corrected chi connectivity index (χ1v) is 6.96. The number of nitrogens with one attached hydrogen (secondary N) is 1. The second kappa shape index (κ2) is 8.01. The average Bonchev–Trinajstić information content (AvgIpc) is 2.43. The summed E-state index contributed by atoms with van der Waals surface area (Å²) in [5.41, 5.74) is 0.159. The Kier molecular flexibility index (Phi) is 6.66. The normalized spacial score (nSPS) is 12.0. The Labute approximate surface area is 125 Å². The molecule has 1 aromatic rings. The lowest BCUT2D eigenvalue weighted by Crippen LogP contribution is -2.29. The van der Waals surface area contributed by atoms with Crippen LogP contribution in [0.4, 0.5) is 5.69 Å². The number of halogens is 1. The maximum atomic E-state index is 12.0. The number of carbonyl (C=O) groups is 1. The van der Waals surface area contributed by atoms with Gasteiger partial charge in [0.15, 0.2) is 0 Å². The number of esters is 1. The van der Waals surface area contributed by atoms with E-state index in [2.05, 4.69) is 31.1 Å². The minimum Gasteiger partial charge on any atom is -0.468 e. The Morgan fingerprint density at radius 3 is 2.90 bits per heavy atom. The molecule has 1 heterocycles. The van der Waals surface area contributed by atoms with Crippen molar-refractivity contribution in [3.8, 4) is 0 Å². The zero-order valence-corrected chi connectivity index (χ0v) is 13.3. The molecule has 8 heteroatoms. The first-order chi connectivity index (χ1) is 9.49. The average molecular weight is 348 g/mol. The molecule has 0 aliphatic heterocycles. The van der Waals surface area contributed by atoms with Gasteiger partial charge in [0, 0.05) is 13.2 Å². The van der Waals surface area contributed by atoms with Gasteiger partial charge >= 0.3 is 5.97 Å². The summed E-state index contributed by atoms with van der Waals surface area (Å²) in [6, 6.07) is 0. The lowest BCUT2D eigenvalue weighted by Gasteiger charge is -2.14. The SMILES string of the molecule is CCOC(C)CNc1cnn(CC(=O)OC)c(=O)c1Br. The second-order valence-electron chi connectivity index (χ2n) is 4.06. The van der Waals surface area contributed by atoms with E-state index in [4.69, 9.17) is 4.74 Å². The molecule has 0 aliphatic carbocycles. The Hall–Kier alpha value is -1.41. The van der Waals surface area contributed by atoms with E-state index in [1.54, 1.807) is 0 Å². The molecule has 1 aromatic heterocycles. The van der Waals surface area contributed by atoms with Crippen molar-refractivity contribution in [3.05, 3.63) is 21.0 Å². The van der Waals surface area contributed by atoms with Gasteiger partial charge in [-0.25, -0.2) is 4.68 Å². The Balaban J connectivity index is 2.78. The predicted octanol–water partition coefficient (Wildman–Crippen LogP) is 1.02. The number of ether oxygens (including phenoxy) is 2. The van der Waals surface area contributed by atoms with E-state index in [1.807, 2.05) is 13.8 Å². The standard InChI is InChI=1S/C12H18BrN3O4/c1-4-20-8(2)5-14-9-6-15-16(7-10(17)19-3)12(18)11(9)13/h6,8,14H,4-5,7H2,1-3H3. The fraction of sp³-hybridized carbons (Fsp3) is 0.583. The summed E-state index contributed by atoms with van der Waals surface area (Å²) in [6.45, 7) is 4.80. The molecule has 0 radical (unpaired) electrons. The van der Waals surface area contributed by atoms with Crippen molar-refractivity contribution in [2.24, 2.45) is 0 Å². The fourth-order valence-electron chi connectivity index (χ4n) is 1.48. The van der Waals surface area contributed by atoms with Gasteiger partial charge in [0.25, 0.3) is 5.56 Å². The molecular weight excluding hydrogens is 330 g/mol. The second-order valence-corrected chi connectivity index (χ2v) is 4.85. The van der Waals surface area contributed by atoms with Crippen LogP contribution in [0.5, 0.6) is 0 Å². The topological polar surface area (TPSA) is 82.4 Å². The molecule has 0 amide bonds. The van der Waals surface area contributed by atoms with Gasteiger partial charge in [0.05, 0.1) is 25.1 Å². The van der Waals surface area contributed by atoms with E-state index in [0.717, 1.165) is 4.68 Å². The molecule has 0 saturated carbocycles. The van der Waals surface area contributed by atoms with Crippen LogP contribution in [0.15, 0.2) is 15.5 Å². The van der Waals surface area contributed by atoms with Gasteiger partial charge in [0.2, 0.25) is 0 Å². The van der Waals surface area contributed by atoms with E-state index in [1.165, 1.54) is 13.3 Å². The summed E-state index contributed by atoms with van der Waals surface area (Å²) in [4.78, 5) is 23.1. The first kappa shape index (κ1) is 16.6. The zero-order chi connectivity index (χ0) is 15.1. The molecule has 112 valence electrons. The molecule has 0 aliphatic rings. The van der Waals surface area contributed by atoms with Crippen LogP contribution in [-0.4, -0.2) is 42.1 Å². The Morgan fingerprint density at radius 2 is 2.30 bits per heavy atom. The van der Waals surface area contributed by atoms with Crippen molar-refractivity contribution >= 4 is 27.6 Å². The van der Waals surface area contributed by atoms with Crippen molar-refractivity contribution in [3.63, 3.8) is 0 Å². The number of hydrogen-bond acceptors (Lipinski definition) is 6. The molecule has 0 fully saturated rings. The number of methoxy groups -OCH3 is 1. The van der Waals surface area contributed by atoms with E-state index < -0.39 is 11.5 Å². The highest BCUT2D eigenvalue weighted by Crippen LogP contribution is 2.16. The third kappa shape index (κ3) is 4.61. The van der Waals surface area contributed by atoms with Gasteiger partial charge in [-0.2, -0.15) is 5.10 Å². The van der Waals surface area contributed by atoms with Gasteiger partial charge in [-0.05, 0) is 29.8 Å². The summed E-state index contributed by atoms with van der Waals surface area (Å²) in [5.74, 6) is -0.530. The van der Waals surface area contributed by atoms with Crippen LogP contribution in [0.2, 0.25) is 0 Å². The number of nitrogens with zero attached hydrogens (tertiary/aromatic N) is 2. The van der Waals surface area contributed by atoms with Crippen LogP contribution in [-0.2, 0) is 20.8 Å². The van der Waals surface area contributed by atoms with Crippen molar-refractivity contribution in [1.29, 1.82) is 0 Å². The van der Waals surface area contributed by atoms with Gasteiger partial charge < -0.3 is 14.8 Å². The molecule has 1 unspecified atom stereocenters. The fourth-order valence-corrected chi connectivity index (χ4v) is 1.93. The maximum Gasteiger partial charge on any atom is 0.327 e. The van der Waals surface area contributed by atoms with Crippen LogP contribution in [0.25, 0.3) is 0 Å². The van der Waals surface area contributed by atoms with Gasteiger partial charge in [-0.1, -0.05) is 0 Å². The van der Waals surface area contributed by atoms with Crippen molar-refractivity contribution in [2.45, 2.75) is 26.5 Å². The summed E-state index contributed by atoms with van der Waals surface area (Å²) < 4.78 is 11.2. The van der Waals surface area contributed by atoms with Crippen molar-refractivity contribution in [2.75, 3.05) is 25.6 Å². The molecule has 1 rings (SSSR count). The molecule has 0 spiro atoms. The van der Waals surface area contributed by atoms with Crippen LogP contribution in [0.3, 0.4) is 0 Å². The van der Waals surface area contributed by atoms with Crippen LogP contribution >= 0.6 is 15.9 Å². The Morgan fingerprint density at radius 1 is 1.60 bits per heavy atom. The predicted molar refractivity (Wildman–Crippen MR) is 77.8 cm³/mol. The maximum absolute atomic E-state index is 12.0. The lowest BCUT2D eigenvalue weighted by molar-refractivity contribution is -0.141. The van der Waals surface area contributed by atoms with Crippen molar-refractivity contribution < 1.29 is 14.3 Å². The molecule has 7 nitrogen and oxygen atoms in total. The third-order valence-corrected chi connectivity index (χ3v) is 3.29.